The van der Waals surface area contributed by atoms with Crippen LogP contribution in [0, 0.1) is 0 Å². The van der Waals surface area contributed by atoms with Gasteiger partial charge in [0.1, 0.15) is 13.2 Å². The quantitative estimate of drug-likeness (QED) is 0.0199. The molecular formula is C61H102O6. The van der Waals surface area contributed by atoms with Gasteiger partial charge in [-0.15, -0.1) is 0 Å². The zero-order valence-corrected chi connectivity index (χ0v) is 43.6. The molecule has 0 N–H and O–H groups in total. The van der Waals surface area contributed by atoms with Crippen molar-refractivity contribution in [3.8, 4) is 0 Å². The lowest BCUT2D eigenvalue weighted by Crippen LogP contribution is -2.30. The van der Waals surface area contributed by atoms with Crippen molar-refractivity contribution in [2.24, 2.45) is 0 Å². The third-order valence-electron chi connectivity index (χ3n) is 11.6. The first-order valence-corrected chi connectivity index (χ1v) is 27.8. The van der Waals surface area contributed by atoms with Crippen LogP contribution in [-0.2, 0) is 28.6 Å². The molecule has 0 aromatic carbocycles. The first-order chi connectivity index (χ1) is 33.0. The molecule has 0 bridgehead atoms. The van der Waals surface area contributed by atoms with Crippen molar-refractivity contribution in [2.75, 3.05) is 13.2 Å². The van der Waals surface area contributed by atoms with Gasteiger partial charge in [0.25, 0.3) is 0 Å². The van der Waals surface area contributed by atoms with Gasteiger partial charge in [0.05, 0.1) is 0 Å². The average Bonchev–Trinajstić information content (AvgIpc) is 3.33. The van der Waals surface area contributed by atoms with Crippen molar-refractivity contribution in [1.29, 1.82) is 0 Å². The number of hydrogen-bond acceptors (Lipinski definition) is 6. The molecule has 0 fully saturated rings. The van der Waals surface area contributed by atoms with E-state index >= 15 is 0 Å². The van der Waals surface area contributed by atoms with Crippen molar-refractivity contribution in [2.45, 2.75) is 258 Å². The molecule has 6 nitrogen and oxygen atoms in total. The Bertz CT molecular complexity index is 1350. The molecule has 67 heavy (non-hydrogen) atoms. The van der Waals surface area contributed by atoms with Gasteiger partial charge >= 0.3 is 17.9 Å². The SMILES string of the molecule is CC/C=C\C/C=C\C/C=C\CCCCCCCCC(=O)OC(COC(=O)CCC/C=C\C/C=C\C/C=C\CCCCCCCC)COC(=O)CCCCC/C=C\C=C/CCCCCCCCC. The second kappa shape index (κ2) is 54.9. The molecule has 0 spiro atoms. The van der Waals surface area contributed by atoms with Gasteiger partial charge in [0.15, 0.2) is 6.10 Å². The number of unbranched alkanes of at least 4 members (excludes halogenated alkanes) is 23. The zero-order valence-electron chi connectivity index (χ0n) is 43.6. The van der Waals surface area contributed by atoms with Gasteiger partial charge in [0, 0.05) is 19.3 Å². The predicted molar refractivity (Wildman–Crippen MR) is 288 cm³/mol. The Hall–Kier alpha value is -3.67. The summed E-state index contributed by atoms with van der Waals surface area (Å²) < 4.78 is 16.8. The molecule has 0 rings (SSSR count). The Labute approximate surface area is 413 Å². The number of rotatable bonds is 49. The molecule has 0 saturated heterocycles. The maximum Gasteiger partial charge on any atom is 0.306 e. The molecule has 0 aromatic heterocycles. The number of hydrogen-bond donors (Lipinski definition) is 0. The monoisotopic (exact) mass is 931 g/mol. The van der Waals surface area contributed by atoms with Crippen LogP contribution in [0.5, 0.6) is 0 Å². The molecule has 1 atom stereocenters. The fourth-order valence-corrected chi connectivity index (χ4v) is 7.40. The van der Waals surface area contributed by atoms with E-state index in [0.29, 0.717) is 19.3 Å². The minimum absolute atomic E-state index is 0.113. The highest BCUT2D eigenvalue weighted by molar-refractivity contribution is 5.71. The lowest BCUT2D eigenvalue weighted by molar-refractivity contribution is -0.167. The molecule has 0 heterocycles. The number of esters is 3. The molecule has 0 aliphatic rings. The van der Waals surface area contributed by atoms with Gasteiger partial charge in [-0.3, -0.25) is 14.4 Å². The third kappa shape index (κ3) is 53.2. The van der Waals surface area contributed by atoms with Gasteiger partial charge < -0.3 is 14.2 Å². The van der Waals surface area contributed by atoms with Crippen LogP contribution in [0.2, 0.25) is 0 Å². The molecule has 1 unspecified atom stereocenters. The molecular weight excluding hydrogens is 829 g/mol. The molecule has 0 radical (unpaired) electrons. The summed E-state index contributed by atoms with van der Waals surface area (Å²) in [6, 6.07) is 0. The maximum absolute atomic E-state index is 12.8. The summed E-state index contributed by atoms with van der Waals surface area (Å²) in [5.41, 5.74) is 0. The fraction of sp³-hybridized carbons (Fsp3) is 0.689. The molecule has 0 amide bonds. The lowest BCUT2D eigenvalue weighted by atomic mass is 10.1. The van der Waals surface area contributed by atoms with Crippen LogP contribution in [0.3, 0.4) is 0 Å². The molecule has 0 aliphatic heterocycles. The highest BCUT2D eigenvalue weighted by Gasteiger charge is 2.19. The standard InChI is InChI=1S/C61H102O6/c1-4-7-10-13-16-19-22-25-28-31-34-36-39-42-45-48-51-54-60(63)66-57-58(67-61(64)55-52-49-46-43-40-37-33-30-27-24-21-18-15-12-9-6-3)56-65-59(62)53-50-47-44-41-38-35-32-29-26-23-20-17-14-11-8-5-2/h9,12,18,21,25,27-30,32,34-36,38,42,45,58H,4-8,10-11,13-17,19-20,22-24,26,31,33,37,39-41,43-44,46-57H2,1-3H3/b12-9-,21-18-,28-25-,30-27-,32-29-,36-34-,38-35-,45-42-. The Morgan fingerprint density at radius 3 is 1.07 bits per heavy atom. The summed E-state index contributed by atoms with van der Waals surface area (Å²) in [5, 5.41) is 0. The Morgan fingerprint density at radius 2 is 0.642 bits per heavy atom. The van der Waals surface area contributed by atoms with E-state index < -0.39 is 6.10 Å². The van der Waals surface area contributed by atoms with Crippen LogP contribution in [0.1, 0.15) is 252 Å². The Balaban J connectivity index is 4.53. The topological polar surface area (TPSA) is 78.9 Å². The molecule has 6 heteroatoms. The molecule has 0 aromatic rings. The van der Waals surface area contributed by atoms with Crippen molar-refractivity contribution >= 4 is 17.9 Å². The Kier molecular flexibility index (Phi) is 51.9. The van der Waals surface area contributed by atoms with Gasteiger partial charge in [-0.25, -0.2) is 0 Å². The minimum Gasteiger partial charge on any atom is -0.462 e. The van der Waals surface area contributed by atoms with Gasteiger partial charge in [0.2, 0.25) is 0 Å². The number of carbonyl (C=O) groups is 3. The number of ether oxygens (including phenoxy) is 3. The van der Waals surface area contributed by atoms with Gasteiger partial charge in [-0.2, -0.15) is 0 Å². The average molecular weight is 931 g/mol. The summed E-state index contributed by atoms with van der Waals surface area (Å²) >= 11 is 0. The number of carbonyl (C=O) groups excluding carboxylic acids is 3. The second-order valence-electron chi connectivity index (χ2n) is 18.1. The van der Waals surface area contributed by atoms with Crippen LogP contribution in [-0.4, -0.2) is 37.2 Å². The zero-order chi connectivity index (χ0) is 48.6. The van der Waals surface area contributed by atoms with Crippen LogP contribution in [0.15, 0.2) is 97.2 Å². The van der Waals surface area contributed by atoms with Gasteiger partial charge in [-0.1, -0.05) is 221 Å². The predicted octanol–water partition coefficient (Wildman–Crippen LogP) is 18.5. The first-order valence-electron chi connectivity index (χ1n) is 27.8. The summed E-state index contributed by atoms with van der Waals surface area (Å²) in [5.74, 6) is -1.00. The van der Waals surface area contributed by atoms with E-state index in [0.717, 1.165) is 103 Å². The van der Waals surface area contributed by atoms with E-state index in [1.54, 1.807) is 0 Å². The maximum atomic E-state index is 12.8. The summed E-state index contributed by atoms with van der Waals surface area (Å²) in [6.45, 7) is 6.44. The van der Waals surface area contributed by atoms with E-state index in [1.807, 2.05) is 0 Å². The van der Waals surface area contributed by atoms with Crippen LogP contribution >= 0.6 is 0 Å². The summed E-state index contributed by atoms with van der Waals surface area (Å²) in [7, 11) is 0. The van der Waals surface area contributed by atoms with Crippen molar-refractivity contribution in [3.05, 3.63) is 97.2 Å². The molecule has 0 saturated carbocycles. The summed E-state index contributed by atoms with van der Waals surface area (Å²) in [6.07, 6.45) is 72.6. The van der Waals surface area contributed by atoms with E-state index in [9.17, 15) is 14.4 Å². The molecule has 0 aliphatic carbocycles. The normalized spacial score (nSPS) is 12.8. The first kappa shape index (κ1) is 63.3. The lowest BCUT2D eigenvalue weighted by Gasteiger charge is -2.18. The fourth-order valence-electron chi connectivity index (χ4n) is 7.40. The van der Waals surface area contributed by atoms with Crippen LogP contribution in [0.4, 0.5) is 0 Å². The van der Waals surface area contributed by atoms with E-state index in [-0.39, 0.29) is 37.5 Å². The third-order valence-corrected chi connectivity index (χ3v) is 11.6. The smallest absolute Gasteiger partial charge is 0.306 e. The highest BCUT2D eigenvalue weighted by Crippen LogP contribution is 2.13. The van der Waals surface area contributed by atoms with Crippen molar-refractivity contribution in [1.82, 2.24) is 0 Å². The van der Waals surface area contributed by atoms with Crippen LogP contribution in [0.25, 0.3) is 0 Å². The second-order valence-corrected chi connectivity index (χ2v) is 18.1. The van der Waals surface area contributed by atoms with Crippen LogP contribution < -0.4 is 0 Å². The largest absolute Gasteiger partial charge is 0.462 e. The number of allylic oxidation sites excluding steroid dienone is 16. The van der Waals surface area contributed by atoms with E-state index in [4.69, 9.17) is 14.2 Å². The summed E-state index contributed by atoms with van der Waals surface area (Å²) in [4.78, 5) is 38.1. The van der Waals surface area contributed by atoms with Crippen molar-refractivity contribution < 1.29 is 28.6 Å². The van der Waals surface area contributed by atoms with Crippen molar-refractivity contribution in [3.63, 3.8) is 0 Å². The Morgan fingerprint density at radius 1 is 0.328 bits per heavy atom. The minimum atomic E-state index is -0.817. The van der Waals surface area contributed by atoms with E-state index in [2.05, 4.69) is 118 Å². The highest BCUT2D eigenvalue weighted by atomic mass is 16.6. The molecule has 382 valence electrons. The van der Waals surface area contributed by atoms with E-state index in [1.165, 1.54) is 103 Å². The van der Waals surface area contributed by atoms with Gasteiger partial charge in [-0.05, 0) is 109 Å².